The van der Waals surface area contributed by atoms with Gasteiger partial charge in [-0.3, -0.25) is 0 Å². The molecular formula is C15H22N2O2S. The Hall–Kier alpha value is -1.35. The Morgan fingerprint density at radius 3 is 2.40 bits per heavy atom. The highest BCUT2D eigenvalue weighted by Gasteiger charge is 2.28. The van der Waals surface area contributed by atoms with Gasteiger partial charge in [0, 0.05) is 11.1 Å². The molecule has 0 atom stereocenters. The van der Waals surface area contributed by atoms with Gasteiger partial charge in [0.2, 0.25) is 10.0 Å². The predicted octanol–water partition coefficient (Wildman–Crippen LogP) is 1.85. The van der Waals surface area contributed by atoms with Crippen molar-refractivity contribution in [1.82, 2.24) is 4.72 Å². The molecule has 1 aromatic carbocycles. The summed E-state index contributed by atoms with van der Waals surface area (Å²) in [5.41, 5.74) is 5.36. The van der Waals surface area contributed by atoms with Gasteiger partial charge >= 0.3 is 0 Å². The topological polar surface area (TPSA) is 72.2 Å². The number of nitrogens with one attached hydrogen (secondary N) is 1. The molecule has 5 heteroatoms. The molecule has 0 fully saturated rings. The van der Waals surface area contributed by atoms with Crippen LogP contribution in [0.2, 0.25) is 0 Å². The average molecular weight is 294 g/mol. The molecule has 0 amide bonds. The Bertz CT molecular complexity index is 608. The van der Waals surface area contributed by atoms with Crippen molar-refractivity contribution in [2.24, 2.45) is 5.73 Å². The summed E-state index contributed by atoms with van der Waals surface area (Å²) in [6.45, 7) is 6.03. The Morgan fingerprint density at radius 1 is 1.25 bits per heavy atom. The van der Waals surface area contributed by atoms with Crippen molar-refractivity contribution >= 4 is 10.0 Å². The number of nitrogens with two attached hydrogens (primary N) is 1. The Labute approximate surface area is 121 Å². The van der Waals surface area contributed by atoms with Gasteiger partial charge in [-0.25, -0.2) is 13.1 Å². The summed E-state index contributed by atoms with van der Waals surface area (Å²) in [7, 11) is -3.60. The van der Waals surface area contributed by atoms with E-state index in [4.69, 9.17) is 5.73 Å². The fraction of sp³-hybridized carbons (Fsp3) is 0.467. The van der Waals surface area contributed by atoms with E-state index in [0.29, 0.717) is 5.56 Å². The van der Waals surface area contributed by atoms with Crippen LogP contribution < -0.4 is 10.5 Å². The first-order valence-corrected chi connectivity index (χ1v) is 8.19. The molecule has 0 aliphatic carbocycles. The molecule has 0 heterocycles. The standard InChI is InChI=1S/C15H22N2O2S/c1-4-15(3,5-2)17-20(18,19)14-11-7-6-9-13(14)10-8-12-16/h6-7,9,11,17H,4-5,12,16H2,1-3H3. The molecule has 0 aromatic heterocycles. The number of hydrogen-bond donors (Lipinski definition) is 2. The van der Waals surface area contributed by atoms with Crippen LogP contribution in [0, 0.1) is 11.8 Å². The minimum atomic E-state index is -3.60. The van der Waals surface area contributed by atoms with E-state index in [9.17, 15) is 8.42 Å². The summed E-state index contributed by atoms with van der Waals surface area (Å²) in [6, 6.07) is 6.71. The maximum Gasteiger partial charge on any atom is 0.242 e. The molecule has 20 heavy (non-hydrogen) atoms. The second-order valence-electron chi connectivity index (χ2n) is 4.88. The lowest BCUT2D eigenvalue weighted by Gasteiger charge is -2.28. The van der Waals surface area contributed by atoms with Gasteiger partial charge in [-0.15, -0.1) is 0 Å². The van der Waals surface area contributed by atoms with Gasteiger partial charge in [-0.1, -0.05) is 37.8 Å². The fourth-order valence-electron chi connectivity index (χ4n) is 1.72. The van der Waals surface area contributed by atoms with Crippen molar-refractivity contribution in [1.29, 1.82) is 0 Å². The predicted molar refractivity (Wildman–Crippen MR) is 81.7 cm³/mol. The Balaban J connectivity index is 3.23. The van der Waals surface area contributed by atoms with Crippen molar-refractivity contribution in [3.63, 3.8) is 0 Å². The zero-order valence-corrected chi connectivity index (χ0v) is 13.0. The first kappa shape index (κ1) is 16.7. The smallest absolute Gasteiger partial charge is 0.242 e. The van der Waals surface area contributed by atoms with Crippen molar-refractivity contribution in [3.8, 4) is 11.8 Å². The SMILES string of the molecule is CCC(C)(CC)NS(=O)(=O)c1ccccc1C#CCN. The molecule has 0 bridgehead atoms. The van der Waals surface area contributed by atoms with Gasteiger partial charge in [-0.05, 0) is 31.9 Å². The molecule has 0 radical (unpaired) electrons. The molecular weight excluding hydrogens is 272 g/mol. The third-order valence-electron chi connectivity index (χ3n) is 3.44. The van der Waals surface area contributed by atoms with E-state index in [2.05, 4.69) is 16.6 Å². The molecule has 0 spiro atoms. The first-order valence-electron chi connectivity index (χ1n) is 6.70. The number of benzene rings is 1. The van der Waals surface area contributed by atoms with Crippen molar-refractivity contribution in [2.45, 2.75) is 44.0 Å². The molecule has 1 aromatic rings. The fourth-order valence-corrected chi connectivity index (χ4v) is 3.44. The van der Waals surface area contributed by atoms with Crippen LogP contribution in [-0.2, 0) is 10.0 Å². The normalized spacial score (nSPS) is 11.8. The minimum Gasteiger partial charge on any atom is -0.320 e. The third-order valence-corrected chi connectivity index (χ3v) is 5.14. The third kappa shape index (κ3) is 4.07. The van der Waals surface area contributed by atoms with E-state index < -0.39 is 15.6 Å². The lowest BCUT2D eigenvalue weighted by atomic mass is 9.98. The lowest BCUT2D eigenvalue weighted by molar-refractivity contribution is 0.388. The van der Waals surface area contributed by atoms with E-state index in [1.165, 1.54) is 0 Å². The quantitative estimate of drug-likeness (QED) is 0.814. The maximum absolute atomic E-state index is 12.5. The van der Waals surface area contributed by atoms with Gasteiger partial charge in [0.05, 0.1) is 11.4 Å². The van der Waals surface area contributed by atoms with Crippen LogP contribution in [0.15, 0.2) is 29.2 Å². The lowest BCUT2D eigenvalue weighted by Crippen LogP contribution is -2.45. The second-order valence-corrected chi connectivity index (χ2v) is 6.53. The van der Waals surface area contributed by atoms with Crippen LogP contribution in [0.3, 0.4) is 0 Å². The van der Waals surface area contributed by atoms with Crippen molar-refractivity contribution < 1.29 is 8.42 Å². The summed E-state index contributed by atoms with van der Waals surface area (Å²) >= 11 is 0. The molecule has 3 N–H and O–H groups in total. The van der Waals surface area contributed by atoms with E-state index in [0.717, 1.165) is 12.8 Å². The van der Waals surface area contributed by atoms with Crippen LogP contribution in [0.4, 0.5) is 0 Å². The molecule has 110 valence electrons. The van der Waals surface area contributed by atoms with Crippen LogP contribution in [0.1, 0.15) is 39.2 Å². The molecule has 1 rings (SSSR count). The highest BCUT2D eigenvalue weighted by atomic mass is 32.2. The number of hydrogen-bond acceptors (Lipinski definition) is 3. The van der Waals surface area contributed by atoms with Gasteiger partial charge in [-0.2, -0.15) is 0 Å². The zero-order chi connectivity index (χ0) is 15.2. The van der Waals surface area contributed by atoms with E-state index in [1.54, 1.807) is 24.3 Å². The Kier molecular flexibility index (Phi) is 5.75. The van der Waals surface area contributed by atoms with Crippen LogP contribution in [0.5, 0.6) is 0 Å². The van der Waals surface area contributed by atoms with Crippen molar-refractivity contribution in [3.05, 3.63) is 29.8 Å². The molecule has 0 saturated carbocycles. The van der Waals surface area contributed by atoms with Crippen LogP contribution >= 0.6 is 0 Å². The summed E-state index contributed by atoms with van der Waals surface area (Å²) in [6.07, 6.45) is 1.44. The molecule has 0 aliphatic heterocycles. The zero-order valence-electron chi connectivity index (χ0n) is 12.2. The van der Waals surface area contributed by atoms with Gasteiger partial charge < -0.3 is 5.73 Å². The van der Waals surface area contributed by atoms with Crippen molar-refractivity contribution in [2.75, 3.05) is 6.54 Å². The van der Waals surface area contributed by atoms with Crippen LogP contribution in [0.25, 0.3) is 0 Å². The van der Waals surface area contributed by atoms with Gasteiger partial charge in [0.15, 0.2) is 0 Å². The summed E-state index contributed by atoms with van der Waals surface area (Å²) < 4.78 is 27.9. The first-order chi connectivity index (χ1) is 9.38. The summed E-state index contributed by atoms with van der Waals surface area (Å²) in [4.78, 5) is 0.203. The number of rotatable bonds is 5. The molecule has 0 saturated heterocycles. The molecule has 4 nitrogen and oxygen atoms in total. The van der Waals surface area contributed by atoms with E-state index >= 15 is 0 Å². The summed E-state index contributed by atoms with van der Waals surface area (Å²) in [5.74, 6) is 5.50. The van der Waals surface area contributed by atoms with E-state index in [-0.39, 0.29) is 11.4 Å². The van der Waals surface area contributed by atoms with E-state index in [1.807, 2.05) is 20.8 Å². The molecule has 0 aliphatic rings. The maximum atomic E-state index is 12.5. The average Bonchev–Trinajstić information content (AvgIpc) is 2.44. The summed E-state index contributed by atoms with van der Waals surface area (Å²) in [5, 5.41) is 0. The Morgan fingerprint density at radius 2 is 1.85 bits per heavy atom. The van der Waals surface area contributed by atoms with Gasteiger partial charge in [0.1, 0.15) is 0 Å². The molecule has 0 unspecified atom stereocenters. The van der Waals surface area contributed by atoms with Gasteiger partial charge in [0.25, 0.3) is 0 Å². The minimum absolute atomic E-state index is 0.198. The van der Waals surface area contributed by atoms with Crippen LogP contribution in [-0.4, -0.2) is 20.5 Å². The largest absolute Gasteiger partial charge is 0.320 e. The highest BCUT2D eigenvalue weighted by Crippen LogP contribution is 2.21. The number of sulfonamides is 1. The second kappa shape index (κ2) is 6.89. The monoisotopic (exact) mass is 294 g/mol. The highest BCUT2D eigenvalue weighted by molar-refractivity contribution is 7.89.